The van der Waals surface area contributed by atoms with Crippen LogP contribution in [-0.4, -0.2) is 11.0 Å². The highest BCUT2D eigenvalue weighted by Crippen LogP contribution is 2.12. The molecule has 1 aromatic rings. The zero-order valence-electron chi connectivity index (χ0n) is 7.26. The Balaban J connectivity index is 0.00000144. The SMILES string of the molecule is CCC(=CBr)Cc1ccccc1.[SiH4]. The van der Waals surface area contributed by atoms with Gasteiger partial charge in [-0.3, -0.25) is 0 Å². The Hall–Kier alpha value is -0.343. The van der Waals surface area contributed by atoms with Crippen LogP contribution in [0.3, 0.4) is 0 Å². The molecule has 0 aliphatic carbocycles. The Kier molecular flexibility index (Phi) is 6.91. The molecule has 0 bridgehead atoms. The molecule has 0 radical (unpaired) electrons. The molecule has 0 aliphatic rings. The third kappa shape index (κ3) is 4.43. The number of allylic oxidation sites excluding steroid dienone is 1. The largest absolute Gasteiger partial charge is 0.0622 e. The van der Waals surface area contributed by atoms with E-state index in [4.69, 9.17) is 0 Å². The molecule has 0 spiro atoms. The van der Waals surface area contributed by atoms with Crippen LogP contribution in [0.2, 0.25) is 0 Å². The minimum absolute atomic E-state index is 0. The lowest BCUT2D eigenvalue weighted by Gasteiger charge is -2.02. The fourth-order valence-corrected chi connectivity index (χ4v) is 1.58. The van der Waals surface area contributed by atoms with Gasteiger partial charge in [0.15, 0.2) is 0 Å². The summed E-state index contributed by atoms with van der Waals surface area (Å²) in [4.78, 5) is 2.03. The Labute approximate surface area is 93.2 Å². The van der Waals surface area contributed by atoms with Gasteiger partial charge < -0.3 is 0 Å². The minimum Gasteiger partial charge on any atom is -0.0622 e. The Morgan fingerprint density at radius 2 is 1.92 bits per heavy atom. The average Bonchev–Trinajstić information content (AvgIpc) is 2.16. The van der Waals surface area contributed by atoms with Crippen molar-refractivity contribution >= 4 is 26.9 Å². The summed E-state index contributed by atoms with van der Waals surface area (Å²) in [5, 5.41) is 0. The quantitative estimate of drug-likeness (QED) is 0.730. The molecule has 0 aliphatic heterocycles. The molecule has 72 valence electrons. The molecule has 0 amide bonds. The van der Waals surface area contributed by atoms with Crippen LogP contribution in [0.25, 0.3) is 0 Å². The summed E-state index contributed by atoms with van der Waals surface area (Å²) in [6, 6.07) is 10.5. The van der Waals surface area contributed by atoms with Crippen LogP contribution in [0.15, 0.2) is 40.9 Å². The predicted molar refractivity (Wildman–Crippen MR) is 68.8 cm³/mol. The second-order valence-electron chi connectivity index (χ2n) is 2.78. The molecule has 2 heteroatoms. The van der Waals surface area contributed by atoms with Gasteiger partial charge in [0, 0.05) is 0 Å². The van der Waals surface area contributed by atoms with Crippen molar-refractivity contribution in [1.29, 1.82) is 0 Å². The number of rotatable bonds is 3. The summed E-state index contributed by atoms with van der Waals surface area (Å²) in [6.45, 7) is 2.18. The average molecular weight is 257 g/mol. The lowest BCUT2D eigenvalue weighted by molar-refractivity contribution is 1.01. The van der Waals surface area contributed by atoms with Crippen LogP contribution < -0.4 is 0 Å². The van der Waals surface area contributed by atoms with Crippen LogP contribution >= 0.6 is 15.9 Å². The first-order valence-corrected chi connectivity index (χ1v) is 5.10. The Bertz CT molecular complexity index is 254. The molecule has 0 N–H and O–H groups in total. The second-order valence-corrected chi connectivity index (χ2v) is 3.24. The minimum atomic E-state index is 0. The Morgan fingerprint density at radius 1 is 1.31 bits per heavy atom. The van der Waals surface area contributed by atoms with E-state index in [9.17, 15) is 0 Å². The van der Waals surface area contributed by atoms with Gasteiger partial charge in [-0.2, -0.15) is 0 Å². The fourth-order valence-electron chi connectivity index (χ4n) is 1.10. The number of hydrogen-bond donors (Lipinski definition) is 0. The first-order chi connectivity index (χ1) is 5.86. The molecule has 0 atom stereocenters. The van der Waals surface area contributed by atoms with Gasteiger partial charge in [0.05, 0.1) is 0 Å². The van der Waals surface area contributed by atoms with Gasteiger partial charge in [-0.1, -0.05) is 58.8 Å². The van der Waals surface area contributed by atoms with Crippen LogP contribution in [0.4, 0.5) is 0 Å². The van der Waals surface area contributed by atoms with E-state index in [2.05, 4.69) is 47.1 Å². The highest BCUT2D eigenvalue weighted by molar-refractivity contribution is 9.11. The summed E-state index contributed by atoms with van der Waals surface area (Å²) < 4.78 is 0. The van der Waals surface area contributed by atoms with Crippen molar-refractivity contribution in [2.75, 3.05) is 0 Å². The third-order valence-electron chi connectivity index (χ3n) is 1.88. The van der Waals surface area contributed by atoms with Crippen molar-refractivity contribution in [3.8, 4) is 0 Å². The lowest BCUT2D eigenvalue weighted by Crippen LogP contribution is -1.87. The molecule has 0 unspecified atom stereocenters. The first kappa shape index (κ1) is 12.7. The monoisotopic (exact) mass is 256 g/mol. The summed E-state index contributed by atoms with van der Waals surface area (Å²) in [5.74, 6) is 0. The molecule has 0 aromatic heterocycles. The van der Waals surface area contributed by atoms with Crippen molar-refractivity contribution in [1.82, 2.24) is 0 Å². The molecule has 0 saturated heterocycles. The molecular formula is C11H17BrSi. The molecule has 0 saturated carbocycles. The van der Waals surface area contributed by atoms with Crippen LogP contribution in [0, 0.1) is 0 Å². The van der Waals surface area contributed by atoms with Crippen molar-refractivity contribution < 1.29 is 0 Å². The van der Waals surface area contributed by atoms with Crippen molar-refractivity contribution in [2.45, 2.75) is 19.8 Å². The maximum Gasteiger partial charge on any atom is -0.00590 e. The van der Waals surface area contributed by atoms with E-state index < -0.39 is 0 Å². The van der Waals surface area contributed by atoms with E-state index in [1.54, 1.807) is 0 Å². The van der Waals surface area contributed by atoms with Crippen molar-refractivity contribution in [3.05, 3.63) is 46.5 Å². The number of benzene rings is 1. The highest BCUT2D eigenvalue weighted by Gasteiger charge is 1.94. The fraction of sp³-hybridized carbons (Fsp3) is 0.273. The lowest BCUT2D eigenvalue weighted by atomic mass is 10.1. The van der Waals surface area contributed by atoms with E-state index in [1.807, 2.05) is 11.1 Å². The summed E-state index contributed by atoms with van der Waals surface area (Å²) in [5.41, 5.74) is 2.81. The van der Waals surface area contributed by atoms with Crippen LogP contribution in [0.5, 0.6) is 0 Å². The van der Waals surface area contributed by atoms with E-state index in [0.717, 1.165) is 12.8 Å². The number of halogens is 1. The maximum atomic E-state index is 3.37. The first-order valence-electron chi connectivity index (χ1n) is 4.19. The molecule has 1 rings (SSSR count). The summed E-state index contributed by atoms with van der Waals surface area (Å²) in [7, 11) is 0. The van der Waals surface area contributed by atoms with Gasteiger partial charge in [0.2, 0.25) is 0 Å². The molecular weight excluding hydrogens is 240 g/mol. The van der Waals surface area contributed by atoms with Gasteiger partial charge in [0.1, 0.15) is 0 Å². The summed E-state index contributed by atoms with van der Waals surface area (Å²) in [6.07, 6.45) is 2.17. The van der Waals surface area contributed by atoms with E-state index in [-0.39, 0.29) is 11.0 Å². The zero-order valence-corrected chi connectivity index (χ0v) is 8.84. The smallest absolute Gasteiger partial charge is 0.00590 e. The molecule has 13 heavy (non-hydrogen) atoms. The van der Waals surface area contributed by atoms with Gasteiger partial charge in [-0.05, 0) is 34.4 Å². The van der Waals surface area contributed by atoms with E-state index in [1.165, 1.54) is 11.1 Å². The van der Waals surface area contributed by atoms with Gasteiger partial charge in [-0.15, -0.1) is 0 Å². The zero-order chi connectivity index (χ0) is 8.81. The van der Waals surface area contributed by atoms with Gasteiger partial charge >= 0.3 is 0 Å². The van der Waals surface area contributed by atoms with Gasteiger partial charge in [-0.25, -0.2) is 0 Å². The number of hydrogen-bond acceptors (Lipinski definition) is 0. The topological polar surface area (TPSA) is 0 Å². The van der Waals surface area contributed by atoms with Crippen LogP contribution in [0.1, 0.15) is 18.9 Å². The van der Waals surface area contributed by atoms with E-state index >= 15 is 0 Å². The summed E-state index contributed by atoms with van der Waals surface area (Å²) >= 11 is 3.37. The molecule has 1 aromatic carbocycles. The normalized spacial score (nSPS) is 10.8. The highest BCUT2D eigenvalue weighted by atomic mass is 79.9. The predicted octanol–water partition coefficient (Wildman–Crippen LogP) is 2.47. The Morgan fingerprint density at radius 3 is 2.38 bits per heavy atom. The van der Waals surface area contributed by atoms with Gasteiger partial charge in [0.25, 0.3) is 0 Å². The maximum absolute atomic E-state index is 3.37. The molecule has 0 nitrogen and oxygen atoms in total. The van der Waals surface area contributed by atoms with Crippen LogP contribution in [-0.2, 0) is 6.42 Å². The van der Waals surface area contributed by atoms with E-state index in [0.29, 0.717) is 0 Å². The third-order valence-corrected chi connectivity index (χ3v) is 2.53. The van der Waals surface area contributed by atoms with Crippen molar-refractivity contribution in [2.24, 2.45) is 0 Å². The molecule has 0 heterocycles. The molecule has 0 fully saturated rings. The second kappa shape index (κ2) is 7.10. The standard InChI is InChI=1S/C11H13Br.H4Si/c1-2-10(9-12)8-11-6-4-3-5-7-11;/h3-7,9H,2,8H2,1H3;1H4. The van der Waals surface area contributed by atoms with Crippen molar-refractivity contribution in [3.63, 3.8) is 0 Å².